The van der Waals surface area contributed by atoms with Crippen LogP contribution in [-0.4, -0.2) is 55.5 Å². The van der Waals surface area contributed by atoms with E-state index in [0.717, 1.165) is 13.0 Å². The fraction of sp³-hybridized carbons (Fsp3) is 0.923. The average Bonchev–Trinajstić information content (AvgIpc) is 3.05. The first kappa shape index (κ1) is 18.0. The van der Waals surface area contributed by atoms with Gasteiger partial charge in [0.1, 0.15) is 0 Å². The normalized spacial score (nSPS) is 17.8. The van der Waals surface area contributed by atoms with E-state index < -0.39 is 0 Å². The van der Waals surface area contributed by atoms with Crippen LogP contribution in [0.2, 0.25) is 0 Å². The summed E-state index contributed by atoms with van der Waals surface area (Å²) in [5.41, 5.74) is 5.99. The molecule has 1 fully saturated rings. The number of hydrogen-bond donors (Lipinski definition) is 1. The van der Waals surface area contributed by atoms with Crippen LogP contribution in [0, 0.1) is 5.92 Å². The van der Waals surface area contributed by atoms with Gasteiger partial charge in [0.25, 0.3) is 0 Å². The van der Waals surface area contributed by atoms with Gasteiger partial charge in [-0.25, -0.2) is 0 Å². The Balaban J connectivity index is 0.00000289. The predicted octanol–water partition coefficient (Wildman–Crippen LogP) is 1.99. The van der Waals surface area contributed by atoms with Crippen molar-refractivity contribution in [3.8, 4) is 0 Å². The number of rotatable bonds is 6. The van der Waals surface area contributed by atoms with E-state index in [0.29, 0.717) is 24.0 Å². The number of hydrogen-bond acceptors (Lipinski definition) is 2. The molecule has 0 bridgehead atoms. The third kappa shape index (κ3) is 6.22. The first-order valence-corrected chi connectivity index (χ1v) is 6.61. The minimum Gasteiger partial charge on any atom is -0.370 e. The second kappa shape index (κ2) is 8.19. The molecule has 108 valence electrons. The summed E-state index contributed by atoms with van der Waals surface area (Å²) in [7, 11) is 6.27. The van der Waals surface area contributed by atoms with E-state index in [-0.39, 0.29) is 24.0 Å². The van der Waals surface area contributed by atoms with E-state index >= 15 is 0 Å². The summed E-state index contributed by atoms with van der Waals surface area (Å²) in [6.45, 7) is 5.30. The van der Waals surface area contributed by atoms with Crippen molar-refractivity contribution in [2.24, 2.45) is 16.6 Å². The molecule has 0 heterocycles. The average molecular weight is 368 g/mol. The zero-order valence-corrected chi connectivity index (χ0v) is 14.7. The largest absolute Gasteiger partial charge is 0.370 e. The maximum absolute atomic E-state index is 5.99. The molecular formula is C13H29IN4. The molecule has 0 aliphatic heterocycles. The van der Waals surface area contributed by atoms with Crippen LogP contribution >= 0.6 is 24.0 Å². The summed E-state index contributed by atoms with van der Waals surface area (Å²) in [6.07, 6.45) is 3.68. The van der Waals surface area contributed by atoms with Crippen LogP contribution in [0.4, 0.5) is 0 Å². The Bertz CT molecular complexity index is 262. The zero-order chi connectivity index (χ0) is 13.0. The minimum absolute atomic E-state index is 0. The number of likely N-dealkylation sites (N-methyl/N-ethyl adjacent to an activating group) is 1. The van der Waals surface area contributed by atoms with Crippen molar-refractivity contribution in [3.63, 3.8) is 0 Å². The molecule has 0 spiro atoms. The van der Waals surface area contributed by atoms with Crippen LogP contribution in [-0.2, 0) is 0 Å². The van der Waals surface area contributed by atoms with Crippen molar-refractivity contribution in [2.75, 3.05) is 27.7 Å². The molecule has 0 radical (unpaired) electrons. The Morgan fingerprint density at radius 2 is 1.83 bits per heavy atom. The SMILES string of the molecule is CC(C)CC(CN=C(N)N(C)C1CC1)N(C)C.I. The van der Waals surface area contributed by atoms with Gasteiger partial charge in [0.15, 0.2) is 5.96 Å². The van der Waals surface area contributed by atoms with E-state index in [9.17, 15) is 0 Å². The van der Waals surface area contributed by atoms with E-state index in [4.69, 9.17) is 5.73 Å². The predicted molar refractivity (Wildman–Crippen MR) is 89.6 cm³/mol. The minimum atomic E-state index is 0. The van der Waals surface area contributed by atoms with Gasteiger partial charge in [-0.2, -0.15) is 0 Å². The van der Waals surface area contributed by atoms with Gasteiger partial charge in [-0.3, -0.25) is 4.99 Å². The Morgan fingerprint density at radius 1 is 1.28 bits per heavy atom. The van der Waals surface area contributed by atoms with Gasteiger partial charge in [0, 0.05) is 19.1 Å². The summed E-state index contributed by atoms with van der Waals surface area (Å²) in [4.78, 5) is 8.90. The summed E-state index contributed by atoms with van der Waals surface area (Å²) >= 11 is 0. The van der Waals surface area contributed by atoms with Crippen LogP contribution in [0.1, 0.15) is 33.1 Å². The van der Waals surface area contributed by atoms with Gasteiger partial charge >= 0.3 is 0 Å². The maximum Gasteiger partial charge on any atom is 0.191 e. The van der Waals surface area contributed by atoms with Crippen molar-refractivity contribution >= 4 is 29.9 Å². The Hall–Kier alpha value is -0.0400. The number of nitrogens with two attached hydrogens (primary N) is 1. The lowest BCUT2D eigenvalue weighted by Crippen LogP contribution is -2.38. The molecule has 4 nitrogen and oxygen atoms in total. The molecule has 1 aliphatic carbocycles. The van der Waals surface area contributed by atoms with Crippen LogP contribution in [0.25, 0.3) is 0 Å². The monoisotopic (exact) mass is 368 g/mol. The number of aliphatic imine (C=N–C) groups is 1. The van der Waals surface area contributed by atoms with Gasteiger partial charge in [-0.15, -0.1) is 24.0 Å². The molecule has 0 amide bonds. The highest BCUT2D eigenvalue weighted by molar-refractivity contribution is 14.0. The van der Waals surface area contributed by atoms with Gasteiger partial charge in [0.2, 0.25) is 0 Å². The standard InChI is InChI=1S/C13H28N4.HI/c1-10(2)8-12(16(3)4)9-15-13(14)17(5)11-6-7-11;/h10-12H,6-9H2,1-5H3,(H2,14,15);1H. The van der Waals surface area contributed by atoms with Crippen molar-refractivity contribution in [1.29, 1.82) is 0 Å². The molecule has 0 saturated heterocycles. The molecule has 1 saturated carbocycles. The highest BCUT2D eigenvalue weighted by Crippen LogP contribution is 2.24. The molecule has 5 heteroatoms. The molecule has 1 atom stereocenters. The van der Waals surface area contributed by atoms with E-state index in [1.54, 1.807) is 0 Å². The third-order valence-corrected chi connectivity index (χ3v) is 3.39. The number of guanidine groups is 1. The summed E-state index contributed by atoms with van der Waals surface area (Å²) in [5, 5.41) is 0. The molecule has 0 aromatic heterocycles. The molecular weight excluding hydrogens is 339 g/mol. The van der Waals surface area contributed by atoms with Crippen LogP contribution < -0.4 is 5.73 Å². The number of halogens is 1. The van der Waals surface area contributed by atoms with Crippen molar-refractivity contribution in [3.05, 3.63) is 0 Å². The number of nitrogens with zero attached hydrogens (tertiary/aromatic N) is 3. The summed E-state index contributed by atoms with van der Waals surface area (Å²) < 4.78 is 0. The molecule has 18 heavy (non-hydrogen) atoms. The molecule has 0 aromatic carbocycles. The van der Waals surface area contributed by atoms with Crippen LogP contribution in [0.5, 0.6) is 0 Å². The van der Waals surface area contributed by atoms with Crippen LogP contribution in [0.3, 0.4) is 0 Å². The second-order valence-corrected chi connectivity index (χ2v) is 5.79. The van der Waals surface area contributed by atoms with E-state index in [1.165, 1.54) is 12.8 Å². The van der Waals surface area contributed by atoms with Gasteiger partial charge < -0.3 is 15.5 Å². The van der Waals surface area contributed by atoms with Crippen molar-refractivity contribution < 1.29 is 0 Å². The molecule has 2 N–H and O–H groups in total. The fourth-order valence-corrected chi connectivity index (χ4v) is 1.95. The lowest BCUT2D eigenvalue weighted by atomic mass is 10.0. The maximum atomic E-state index is 5.99. The Morgan fingerprint density at radius 3 is 2.22 bits per heavy atom. The van der Waals surface area contributed by atoms with Crippen molar-refractivity contribution in [2.45, 2.75) is 45.2 Å². The lowest BCUT2D eigenvalue weighted by molar-refractivity contribution is 0.260. The molecule has 0 aromatic rings. The third-order valence-electron chi connectivity index (χ3n) is 3.39. The van der Waals surface area contributed by atoms with E-state index in [1.807, 2.05) is 7.05 Å². The highest BCUT2D eigenvalue weighted by Gasteiger charge is 2.27. The molecule has 1 rings (SSSR count). The van der Waals surface area contributed by atoms with Crippen LogP contribution in [0.15, 0.2) is 4.99 Å². The molecule has 1 aliphatic rings. The smallest absolute Gasteiger partial charge is 0.191 e. The molecule has 1 unspecified atom stereocenters. The van der Waals surface area contributed by atoms with Gasteiger partial charge in [-0.1, -0.05) is 13.8 Å². The van der Waals surface area contributed by atoms with Gasteiger partial charge in [0.05, 0.1) is 6.54 Å². The Kier molecular flexibility index (Phi) is 8.18. The van der Waals surface area contributed by atoms with Gasteiger partial charge in [-0.05, 0) is 39.3 Å². The van der Waals surface area contributed by atoms with E-state index in [2.05, 4.69) is 42.7 Å². The van der Waals surface area contributed by atoms with Crippen molar-refractivity contribution in [1.82, 2.24) is 9.80 Å². The first-order chi connectivity index (χ1) is 7.91. The summed E-state index contributed by atoms with van der Waals surface area (Å²) in [6, 6.07) is 1.13. The summed E-state index contributed by atoms with van der Waals surface area (Å²) in [5.74, 6) is 1.39. The lowest BCUT2D eigenvalue weighted by Gasteiger charge is -2.25. The fourth-order valence-electron chi connectivity index (χ4n) is 1.95. The quantitative estimate of drug-likeness (QED) is 0.443. The first-order valence-electron chi connectivity index (χ1n) is 6.61. The second-order valence-electron chi connectivity index (χ2n) is 5.79. The zero-order valence-electron chi connectivity index (χ0n) is 12.4. The highest BCUT2D eigenvalue weighted by atomic mass is 127. The Labute approximate surface area is 129 Å². The topological polar surface area (TPSA) is 44.9 Å².